The van der Waals surface area contributed by atoms with Gasteiger partial charge in [0.05, 0.1) is 0 Å². The Kier molecular flexibility index (Phi) is 4.03. The van der Waals surface area contributed by atoms with E-state index >= 15 is 0 Å². The molecule has 0 aromatic carbocycles. The Morgan fingerprint density at radius 2 is 2.12 bits per heavy atom. The second kappa shape index (κ2) is 5.09. The summed E-state index contributed by atoms with van der Waals surface area (Å²) >= 11 is 1.27. The van der Waals surface area contributed by atoms with Crippen molar-refractivity contribution in [2.24, 2.45) is 0 Å². The molecule has 1 amide bonds. The first-order valence-electron chi connectivity index (χ1n) is 4.65. The van der Waals surface area contributed by atoms with Crippen molar-refractivity contribution < 1.29 is 19.8 Å². The van der Waals surface area contributed by atoms with Gasteiger partial charge in [0.25, 0.3) is 0 Å². The van der Waals surface area contributed by atoms with Crippen molar-refractivity contribution in [3.8, 4) is 0 Å². The van der Waals surface area contributed by atoms with Gasteiger partial charge in [-0.1, -0.05) is 0 Å². The Balaban J connectivity index is 2.86. The lowest BCUT2D eigenvalue weighted by atomic mass is 10.1. The van der Waals surface area contributed by atoms with Gasteiger partial charge in [-0.05, 0) is 23.9 Å². The number of hydrogen-bond donors (Lipinski definition) is 3. The lowest BCUT2D eigenvalue weighted by Gasteiger charge is -2.18. The number of hydrogen-bond acceptors (Lipinski definition) is 4. The van der Waals surface area contributed by atoms with E-state index in [1.165, 1.54) is 18.3 Å². The van der Waals surface area contributed by atoms with Gasteiger partial charge in [0.15, 0.2) is 6.04 Å². The van der Waals surface area contributed by atoms with E-state index in [2.05, 4.69) is 5.32 Å². The molecule has 0 spiro atoms. The van der Waals surface area contributed by atoms with Crippen LogP contribution in [0.15, 0.2) is 11.4 Å². The number of nitrogens with one attached hydrogen (secondary N) is 1. The first-order chi connectivity index (χ1) is 7.41. The predicted octanol–water partition coefficient (Wildman–Crippen LogP) is 0.679. The highest BCUT2D eigenvalue weighted by atomic mass is 32.1. The van der Waals surface area contributed by atoms with Crippen LogP contribution in [0.4, 0.5) is 0 Å². The molecule has 1 rings (SSSR count). The van der Waals surface area contributed by atoms with Crippen LogP contribution in [-0.2, 0) is 9.59 Å². The quantitative estimate of drug-likeness (QED) is 0.725. The van der Waals surface area contributed by atoms with E-state index in [0.717, 1.165) is 5.56 Å². The van der Waals surface area contributed by atoms with Crippen molar-refractivity contribution in [1.29, 1.82) is 0 Å². The van der Waals surface area contributed by atoms with Crippen LogP contribution in [0.2, 0.25) is 0 Å². The minimum atomic E-state index is -1.31. The maximum absolute atomic E-state index is 10.9. The molecular weight excluding hydrogens is 230 g/mol. The normalized spacial score (nSPS) is 14.2. The summed E-state index contributed by atoms with van der Waals surface area (Å²) in [5.41, 5.74) is 0.950. The smallest absolute Gasteiger partial charge is 0.329 e. The summed E-state index contributed by atoms with van der Waals surface area (Å²) in [5.74, 6) is -1.74. The summed E-state index contributed by atoms with van der Waals surface area (Å²) in [6.45, 7) is 3.06. The number of aryl methyl sites for hydroxylation is 1. The Bertz CT molecular complexity index is 401. The Morgan fingerprint density at radius 1 is 1.50 bits per heavy atom. The molecule has 2 atom stereocenters. The van der Waals surface area contributed by atoms with E-state index in [9.17, 15) is 14.7 Å². The highest BCUT2D eigenvalue weighted by molar-refractivity contribution is 7.10. The molecule has 88 valence electrons. The van der Waals surface area contributed by atoms with Crippen molar-refractivity contribution in [2.45, 2.75) is 26.0 Å². The summed E-state index contributed by atoms with van der Waals surface area (Å²) in [6, 6.07) is 0.392. The lowest BCUT2D eigenvalue weighted by molar-refractivity contribution is -0.144. The lowest BCUT2D eigenvalue weighted by Crippen LogP contribution is -2.43. The molecule has 0 saturated heterocycles. The van der Waals surface area contributed by atoms with E-state index in [1.54, 1.807) is 6.07 Å². The number of amides is 1. The molecule has 5 nitrogen and oxygen atoms in total. The molecule has 0 radical (unpaired) electrons. The summed E-state index contributed by atoms with van der Waals surface area (Å²) < 4.78 is 0. The molecule has 16 heavy (non-hydrogen) atoms. The number of carboxylic acid groups (broad SMARTS) is 1. The highest BCUT2D eigenvalue weighted by Crippen LogP contribution is 2.24. The average molecular weight is 243 g/mol. The van der Waals surface area contributed by atoms with Gasteiger partial charge in [0.1, 0.15) is 6.10 Å². The molecule has 0 unspecified atom stereocenters. The second-order valence-electron chi connectivity index (χ2n) is 3.49. The number of carbonyl (C=O) groups is 2. The fraction of sp³-hybridized carbons (Fsp3) is 0.400. The third-order valence-electron chi connectivity index (χ3n) is 1.98. The molecular formula is C10H13NO4S. The Labute approximate surface area is 96.7 Å². The van der Waals surface area contributed by atoms with Crippen molar-refractivity contribution >= 4 is 23.2 Å². The topological polar surface area (TPSA) is 86.6 Å². The molecule has 3 N–H and O–H groups in total. The molecule has 0 bridgehead atoms. The van der Waals surface area contributed by atoms with Gasteiger partial charge in [-0.2, -0.15) is 0 Å². The number of rotatable bonds is 4. The van der Waals surface area contributed by atoms with Crippen LogP contribution in [0.25, 0.3) is 0 Å². The Hall–Kier alpha value is -1.40. The van der Waals surface area contributed by atoms with Crippen LogP contribution in [-0.4, -0.2) is 28.1 Å². The van der Waals surface area contributed by atoms with Gasteiger partial charge in [-0.25, -0.2) is 4.79 Å². The highest BCUT2D eigenvalue weighted by Gasteiger charge is 2.29. The van der Waals surface area contributed by atoms with Crippen molar-refractivity contribution in [3.05, 3.63) is 21.9 Å². The zero-order chi connectivity index (χ0) is 12.3. The van der Waals surface area contributed by atoms with Gasteiger partial charge in [-0.15, -0.1) is 11.3 Å². The third kappa shape index (κ3) is 3.04. The Morgan fingerprint density at radius 3 is 2.50 bits per heavy atom. The monoisotopic (exact) mass is 243 g/mol. The largest absolute Gasteiger partial charge is 0.480 e. The second-order valence-corrected chi connectivity index (χ2v) is 4.43. The fourth-order valence-electron chi connectivity index (χ4n) is 1.27. The maximum Gasteiger partial charge on any atom is 0.329 e. The van der Waals surface area contributed by atoms with Crippen LogP contribution in [0.3, 0.4) is 0 Å². The van der Waals surface area contributed by atoms with Crippen LogP contribution in [0.5, 0.6) is 0 Å². The minimum absolute atomic E-state index is 0.486. The number of aliphatic carboxylic acids is 1. The predicted molar refractivity (Wildman–Crippen MR) is 59.3 cm³/mol. The van der Waals surface area contributed by atoms with E-state index in [-0.39, 0.29) is 0 Å². The summed E-state index contributed by atoms with van der Waals surface area (Å²) in [7, 11) is 0. The summed E-state index contributed by atoms with van der Waals surface area (Å²) in [5, 5.41) is 22.7. The van der Waals surface area contributed by atoms with E-state index in [4.69, 9.17) is 5.11 Å². The average Bonchev–Trinajstić information content (AvgIpc) is 2.59. The van der Waals surface area contributed by atoms with Crippen molar-refractivity contribution in [2.75, 3.05) is 0 Å². The van der Waals surface area contributed by atoms with Crippen LogP contribution >= 0.6 is 11.3 Å². The molecule has 6 heteroatoms. The number of aliphatic hydroxyl groups excluding tert-OH is 1. The fourth-order valence-corrected chi connectivity index (χ4v) is 2.19. The van der Waals surface area contributed by atoms with Crippen molar-refractivity contribution in [3.63, 3.8) is 0 Å². The first-order valence-corrected chi connectivity index (χ1v) is 5.52. The molecule has 0 aliphatic carbocycles. The molecule has 0 saturated carbocycles. The molecule has 0 fully saturated rings. The molecule has 0 aliphatic heterocycles. The standard InChI is InChI=1S/C10H13NO4S/c1-5-3-7(16-4-5)9(13)8(10(14)15)11-6(2)12/h3-4,8-9,13H,1-2H3,(H,11,12)(H,14,15)/t8-,9-/m1/s1. The molecule has 1 aromatic heterocycles. The van der Waals surface area contributed by atoms with Gasteiger partial charge in [0, 0.05) is 11.8 Å². The van der Waals surface area contributed by atoms with Gasteiger partial charge >= 0.3 is 5.97 Å². The zero-order valence-electron chi connectivity index (χ0n) is 8.93. The molecule has 0 aliphatic rings. The number of aliphatic hydroxyl groups is 1. The van der Waals surface area contributed by atoms with Gasteiger partial charge in [-0.3, -0.25) is 4.79 Å². The first kappa shape index (κ1) is 12.7. The van der Waals surface area contributed by atoms with Crippen molar-refractivity contribution in [1.82, 2.24) is 5.32 Å². The molecule has 1 heterocycles. The number of thiophene rings is 1. The summed E-state index contributed by atoms with van der Waals surface area (Å²) in [6.07, 6.45) is -1.22. The third-order valence-corrected chi connectivity index (χ3v) is 3.10. The number of carbonyl (C=O) groups excluding carboxylic acids is 1. The van der Waals surface area contributed by atoms with Gasteiger partial charge in [0.2, 0.25) is 5.91 Å². The van der Waals surface area contributed by atoms with E-state index in [1.807, 2.05) is 12.3 Å². The SMILES string of the molecule is CC(=O)N[C@@H](C(=O)O)[C@H](O)c1cc(C)cs1. The van der Waals surface area contributed by atoms with Crippen LogP contribution in [0.1, 0.15) is 23.5 Å². The van der Waals surface area contributed by atoms with Gasteiger partial charge < -0.3 is 15.5 Å². The maximum atomic E-state index is 10.9. The van der Waals surface area contributed by atoms with Crippen LogP contribution in [0, 0.1) is 6.92 Å². The van der Waals surface area contributed by atoms with Crippen LogP contribution < -0.4 is 5.32 Å². The van der Waals surface area contributed by atoms with E-state index in [0.29, 0.717) is 4.88 Å². The molecule has 1 aromatic rings. The summed E-state index contributed by atoms with van der Waals surface area (Å²) in [4.78, 5) is 22.2. The number of carboxylic acids is 1. The minimum Gasteiger partial charge on any atom is -0.480 e. The zero-order valence-corrected chi connectivity index (χ0v) is 9.75. The van der Waals surface area contributed by atoms with E-state index < -0.39 is 24.0 Å².